The first-order valence-corrected chi connectivity index (χ1v) is 10.4. The molecule has 5 nitrogen and oxygen atoms in total. The predicted octanol–water partition coefficient (Wildman–Crippen LogP) is 4.99. The lowest BCUT2D eigenvalue weighted by atomic mass is 9.94. The van der Waals surface area contributed by atoms with Gasteiger partial charge in [0.05, 0.1) is 24.1 Å². The van der Waals surface area contributed by atoms with E-state index in [1.807, 2.05) is 30.9 Å². The van der Waals surface area contributed by atoms with Gasteiger partial charge in [0.2, 0.25) is 0 Å². The van der Waals surface area contributed by atoms with Crippen LogP contribution in [0, 0.1) is 5.92 Å². The van der Waals surface area contributed by atoms with Gasteiger partial charge < -0.3 is 19.5 Å². The Labute approximate surface area is 177 Å². The van der Waals surface area contributed by atoms with E-state index < -0.39 is 0 Å². The van der Waals surface area contributed by atoms with Crippen LogP contribution in [-0.2, 0) is 6.54 Å². The van der Waals surface area contributed by atoms with Crippen LogP contribution in [0.2, 0.25) is 5.02 Å². The van der Waals surface area contributed by atoms with Crippen LogP contribution < -0.4 is 10.1 Å². The molecule has 1 aliphatic rings. The van der Waals surface area contributed by atoms with Crippen molar-refractivity contribution in [1.82, 2.24) is 14.5 Å². The minimum atomic E-state index is 0.598. The number of allylic oxidation sites excluding steroid dienone is 2. The van der Waals surface area contributed by atoms with E-state index in [-0.39, 0.29) is 0 Å². The van der Waals surface area contributed by atoms with Gasteiger partial charge in [-0.05, 0) is 56.0 Å². The molecule has 1 atom stereocenters. The fourth-order valence-electron chi connectivity index (χ4n) is 3.39. The number of ether oxygens (including phenoxy) is 1. The summed E-state index contributed by atoms with van der Waals surface area (Å²) in [6.07, 6.45) is 14.7. The van der Waals surface area contributed by atoms with Gasteiger partial charge in [0, 0.05) is 38.1 Å². The molecule has 0 aliphatic heterocycles. The SMILES string of the molecule is COc1ccc(NC(=S)N(CCCn2ccnc2)CC2CC=CCC2)c(Cl)c1. The highest BCUT2D eigenvalue weighted by Gasteiger charge is 2.18. The first-order valence-electron chi connectivity index (χ1n) is 9.66. The quantitative estimate of drug-likeness (QED) is 0.483. The van der Waals surface area contributed by atoms with Crippen molar-refractivity contribution >= 4 is 34.6 Å². The molecule has 3 rings (SSSR count). The number of imidazole rings is 1. The summed E-state index contributed by atoms with van der Waals surface area (Å²) in [5.74, 6) is 1.36. The van der Waals surface area contributed by atoms with Gasteiger partial charge in [-0.25, -0.2) is 4.98 Å². The van der Waals surface area contributed by atoms with E-state index in [0.29, 0.717) is 16.1 Å². The fraction of sp³-hybridized carbons (Fsp3) is 0.429. The van der Waals surface area contributed by atoms with Crippen LogP contribution in [0.25, 0.3) is 0 Å². The largest absolute Gasteiger partial charge is 0.497 e. The molecule has 1 unspecified atom stereocenters. The molecular formula is C21H27ClN4OS. The highest BCUT2D eigenvalue weighted by Crippen LogP contribution is 2.27. The minimum absolute atomic E-state index is 0.598. The standard InChI is InChI=1S/C21H27ClN4OS/c1-27-18-8-9-20(19(22)14-18)24-21(28)26(15-17-6-3-2-4-7-17)12-5-11-25-13-10-23-16-25/h2-3,8-10,13-14,16-17H,4-7,11-12,15H2,1H3,(H,24,28). The van der Waals surface area contributed by atoms with E-state index in [4.69, 9.17) is 28.6 Å². The van der Waals surface area contributed by atoms with Crippen LogP contribution in [0.3, 0.4) is 0 Å². The molecule has 7 heteroatoms. The Balaban J connectivity index is 1.63. The van der Waals surface area contributed by atoms with Gasteiger partial charge in [-0.1, -0.05) is 23.8 Å². The molecule has 0 amide bonds. The van der Waals surface area contributed by atoms with Gasteiger partial charge in [-0.3, -0.25) is 0 Å². The van der Waals surface area contributed by atoms with E-state index in [2.05, 4.69) is 31.9 Å². The monoisotopic (exact) mass is 418 g/mol. The zero-order chi connectivity index (χ0) is 19.8. The zero-order valence-electron chi connectivity index (χ0n) is 16.2. The lowest BCUT2D eigenvalue weighted by molar-refractivity contribution is 0.316. The third-order valence-electron chi connectivity index (χ3n) is 4.96. The molecule has 0 bridgehead atoms. The number of nitrogens with one attached hydrogen (secondary N) is 1. The first kappa shape index (κ1) is 20.7. The lowest BCUT2D eigenvalue weighted by Gasteiger charge is -2.31. The molecule has 0 radical (unpaired) electrons. The number of methoxy groups -OCH3 is 1. The van der Waals surface area contributed by atoms with Crippen LogP contribution in [0.4, 0.5) is 5.69 Å². The molecule has 1 aliphatic carbocycles. The molecule has 1 N–H and O–H groups in total. The number of halogens is 1. The number of rotatable bonds is 8. The molecule has 150 valence electrons. The third-order valence-corrected chi connectivity index (χ3v) is 5.64. The molecule has 1 aromatic heterocycles. The Morgan fingerprint density at radius 3 is 3.00 bits per heavy atom. The Morgan fingerprint density at radius 2 is 2.32 bits per heavy atom. The Kier molecular flexibility index (Phi) is 7.74. The van der Waals surface area contributed by atoms with Crippen LogP contribution in [0.5, 0.6) is 5.75 Å². The maximum absolute atomic E-state index is 6.38. The van der Waals surface area contributed by atoms with Gasteiger partial charge in [0.15, 0.2) is 5.11 Å². The highest BCUT2D eigenvalue weighted by atomic mass is 35.5. The number of benzene rings is 1. The molecule has 0 spiro atoms. The summed E-state index contributed by atoms with van der Waals surface area (Å²) in [5, 5.41) is 4.64. The Hall–Kier alpha value is -2.05. The summed E-state index contributed by atoms with van der Waals surface area (Å²) in [4.78, 5) is 6.38. The summed E-state index contributed by atoms with van der Waals surface area (Å²) < 4.78 is 7.32. The van der Waals surface area contributed by atoms with Crippen molar-refractivity contribution < 1.29 is 4.74 Å². The average molecular weight is 419 g/mol. The smallest absolute Gasteiger partial charge is 0.173 e. The maximum Gasteiger partial charge on any atom is 0.173 e. The molecule has 28 heavy (non-hydrogen) atoms. The van der Waals surface area contributed by atoms with Crippen LogP contribution in [0.15, 0.2) is 49.1 Å². The van der Waals surface area contributed by atoms with Gasteiger partial charge in [0.1, 0.15) is 5.75 Å². The van der Waals surface area contributed by atoms with Crippen molar-refractivity contribution in [2.45, 2.75) is 32.2 Å². The predicted molar refractivity (Wildman–Crippen MR) is 119 cm³/mol. The molecule has 0 fully saturated rings. The number of aromatic nitrogens is 2. The van der Waals surface area contributed by atoms with Crippen molar-refractivity contribution in [3.05, 3.63) is 54.1 Å². The van der Waals surface area contributed by atoms with Crippen LogP contribution in [-0.4, -0.2) is 39.8 Å². The number of hydrogen-bond donors (Lipinski definition) is 1. The first-order chi connectivity index (χ1) is 13.7. The second-order valence-electron chi connectivity index (χ2n) is 7.03. The molecule has 0 saturated heterocycles. The van der Waals surface area contributed by atoms with Crippen molar-refractivity contribution in [2.75, 3.05) is 25.5 Å². The fourth-order valence-corrected chi connectivity index (χ4v) is 3.88. The van der Waals surface area contributed by atoms with Gasteiger partial charge in [-0.15, -0.1) is 0 Å². The normalized spacial score (nSPS) is 16.0. The molecular weight excluding hydrogens is 392 g/mol. The van der Waals surface area contributed by atoms with E-state index in [1.165, 1.54) is 6.42 Å². The summed E-state index contributed by atoms with van der Waals surface area (Å²) >= 11 is 12.1. The Morgan fingerprint density at radius 1 is 1.43 bits per heavy atom. The van der Waals surface area contributed by atoms with E-state index >= 15 is 0 Å². The number of aryl methyl sites for hydroxylation is 1. The van der Waals surface area contributed by atoms with E-state index in [0.717, 1.165) is 50.3 Å². The number of hydrogen-bond acceptors (Lipinski definition) is 3. The third kappa shape index (κ3) is 5.97. The average Bonchev–Trinajstić information content (AvgIpc) is 3.23. The Bertz CT molecular complexity index is 794. The van der Waals surface area contributed by atoms with Crippen molar-refractivity contribution in [3.8, 4) is 5.75 Å². The summed E-state index contributed by atoms with van der Waals surface area (Å²) in [5.41, 5.74) is 0.801. The van der Waals surface area contributed by atoms with Crippen molar-refractivity contribution in [1.29, 1.82) is 0 Å². The second kappa shape index (κ2) is 10.5. The summed E-state index contributed by atoms with van der Waals surface area (Å²) in [7, 11) is 1.63. The topological polar surface area (TPSA) is 42.3 Å². The van der Waals surface area contributed by atoms with Crippen LogP contribution >= 0.6 is 23.8 Å². The summed E-state index contributed by atoms with van der Waals surface area (Å²) in [6.45, 7) is 2.76. The molecule has 1 heterocycles. The minimum Gasteiger partial charge on any atom is -0.497 e. The van der Waals surface area contributed by atoms with Gasteiger partial charge in [-0.2, -0.15) is 0 Å². The van der Waals surface area contributed by atoms with E-state index in [9.17, 15) is 0 Å². The lowest BCUT2D eigenvalue weighted by Crippen LogP contribution is -2.39. The number of thiocarbonyl (C=S) groups is 1. The highest BCUT2D eigenvalue weighted by molar-refractivity contribution is 7.80. The van der Waals surface area contributed by atoms with Crippen molar-refractivity contribution in [3.63, 3.8) is 0 Å². The van der Waals surface area contributed by atoms with Crippen LogP contribution in [0.1, 0.15) is 25.7 Å². The molecule has 1 aromatic carbocycles. The van der Waals surface area contributed by atoms with Gasteiger partial charge in [0.25, 0.3) is 0 Å². The van der Waals surface area contributed by atoms with Gasteiger partial charge >= 0.3 is 0 Å². The second-order valence-corrected chi connectivity index (χ2v) is 7.82. The maximum atomic E-state index is 6.38. The number of anilines is 1. The summed E-state index contributed by atoms with van der Waals surface area (Å²) in [6, 6.07) is 5.58. The van der Waals surface area contributed by atoms with Crippen molar-refractivity contribution in [2.24, 2.45) is 5.92 Å². The number of nitrogens with zero attached hydrogens (tertiary/aromatic N) is 3. The van der Waals surface area contributed by atoms with E-state index in [1.54, 1.807) is 13.2 Å². The zero-order valence-corrected chi connectivity index (χ0v) is 17.8. The molecule has 0 saturated carbocycles. The molecule has 2 aromatic rings.